The van der Waals surface area contributed by atoms with Crippen molar-refractivity contribution < 1.29 is 19.1 Å². The third kappa shape index (κ3) is 4.20. The van der Waals surface area contributed by atoms with E-state index in [1.165, 1.54) is 16.8 Å². The van der Waals surface area contributed by atoms with Gasteiger partial charge in [-0.05, 0) is 36.8 Å². The molecule has 1 aromatic heterocycles. The van der Waals surface area contributed by atoms with Crippen LogP contribution in [0.25, 0.3) is 16.8 Å². The van der Waals surface area contributed by atoms with Crippen LogP contribution in [0.15, 0.2) is 54.6 Å². The zero-order chi connectivity index (χ0) is 19.4. The Morgan fingerprint density at radius 1 is 1.07 bits per heavy atom. The second kappa shape index (κ2) is 7.82. The number of nitrogens with one attached hydrogen (secondary N) is 1. The summed E-state index contributed by atoms with van der Waals surface area (Å²) in [6, 6.07) is 15.2. The highest BCUT2D eigenvalue weighted by atomic mass is 19.1. The molecule has 0 saturated heterocycles. The molecule has 2 N–H and O–H groups in total. The molecule has 3 aromatic rings. The summed E-state index contributed by atoms with van der Waals surface area (Å²) in [6.45, 7) is 1.81. The highest BCUT2D eigenvalue weighted by molar-refractivity contribution is 5.96. The third-order valence-electron chi connectivity index (χ3n) is 4.02. The van der Waals surface area contributed by atoms with Crippen molar-refractivity contribution in [2.75, 3.05) is 5.32 Å². The summed E-state index contributed by atoms with van der Waals surface area (Å²) in [5.74, 6) is -1.44. The molecule has 27 heavy (non-hydrogen) atoms. The number of nitrogens with zero attached hydrogens (tertiary/aromatic N) is 2. The fourth-order valence-corrected chi connectivity index (χ4v) is 2.78. The SMILES string of the molecule is Cc1nn(-c2ccc(F)cc2)c(NC(=O)CCC(=O)O)c1-c1ccccc1. The molecule has 0 radical (unpaired) electrons. The van der Waals surface area contributed by atoms with Gasteiger partial charge in [0.1, 0.15) is 11.6 Å². The first-order valence-corrected chi connectivity index (χ1v) is 8.38. The maximum atomic E-state index is 13.3. The molecule has 0 unspecified atom stereocenters. The van der Waals surface area contributed by atoms with E-state index >= 15 is 0 Å². The number of benzene rings is 2. The fourth-order valence-electron chi connectivity index (χ4n) is 2.78. The molecule has 0 spiro atoms. The number of hydrogen-bond acceptors (Lipinski definition) is 3. The van der Waals surface area contributed by atoms with Gasteiger partial charge in [-0.1, -0.05) is 30.3 Å². The lowest BCUT2D eigenvalue weighted by atomic mass is 10.1. The molecule has 0 bridgehead atoms. The van der Waals surface area contributed by atoms with Crippen molar-refractivity contribution in [3.05, 3.63) is 66.1 Å². The van der Waals surface area contributed by atoms with Crippen molar-refractivity contribution in [1.82, 2.24) is 9.78 Å². The number of carboxylic acid groups (broad SMARTS) is 1. The molecule has 2 aromatic carbocycles. The number of halogens is 1. The normalized spacial score (nSPS) is 10.6. The van der Waals surface area contributed by atoms with E-state index in [0.717, 1.165) is 11.1 Å². The number of carboxylic acids is 1. The van der Waals surface area contributed by atoms with E-state index in [-0.39, 0.29) is 18.7 Å². The lowest BCUT2D eigenvalue weighted by Gasteiger charge is -2.11. The lowest BCUT2D eigenvalue weighted by Crippen LogP contribution is -2.16. The molecule has 0 fully saturated rings. The maximum absolute atomic E-state index is 13.3. The van der Waals surface area contributed by atoms with Gasteiger partial charge in [0.05, 0.1) is 17.8 Å². The summed E-state index contributed by atoms with van der Waals surface area (Å²) in [5.41, 5.74) is 2.84. The molecule has 0 atom stereocenters. The fraction of sp³-hybridized carbons (Fsp3) is 0.150. The predicted molar refractivity (Wildman–Crippen MR) is 99.2 cm³/mol. The number of rotatable bonds is 6. The number of carbonyl (C=O) groups is 2. The maximum Gasteiger partial charge on any atom is 0.303 e. The van der Waals surface area contributed by atoms with Crippen LogP contribution in [0.2, 0.25) is 0 Å². The van der Waals surface area contributed by atoms with Crippen LogP contribution < -0.4 is 5.32 Å². The van der Waals surface area contributed by atoms with Crippen molar-refractivity contribution in [3.63, 3.8) is 0 Å². The van der Waals surface area contributed by atoms with Crippen LogP contribution in [0.5, 0.6) is 0 Å². The van der Waals surface area contributed by atoms with Crippen LogP contribution in [0, 0.1) is 12.7 Å². The molecule has 0 aliphatic rings. The lowest BCUT2D eigenvalue weighted by molar-refractivity contribution is -0.138. The number of amides is 1. The highest BCUT2D eigenvalue weighted by Crippen LogP contribution is 2.33. The zero-order valence-corrected chi connectivity index (χ0v) is 14.6. The van der Waals surface area contributed by atoms with Gasteiger partial charge >= 0.3 is 5.97 Å². The number of carbonyl (C=O) groups excluding carboxylic acids is 1. The van der Waals surface area contributed by atoms with Gasteiger partial charge in [-0.2, -0.15) is 5.10 Å². The average molecular weight is 367 g/mol. The summed E-state index contributed by atoms with van der Waals surface area (Å²) in [6.07, 6.45) is -0.423. The van der Waals surface area contributed by atoms with E-state index in [0.29, 0.717) is 17.2 Å². The molecular formula is C20H18FN3O3. The van der Waals surface area contributed by atoms with Crippen LogP contribution in [0.1, 0.15) is 18.5 Å². The first-order chi connectivity index (χ1) is 13.0. The summed E-state index contributed by atoms with van der Waals surface area (Å²) < 4.78 is 14.8. The van der Waals surface area contributed by atoms with Gasteiger partial charge in [-0.25, -0.2) is 9.07 Å². The number of aliphatic carboxylic acids is 1. The summed E-state index contributed by atoms with van der Waals surface area (Å²) in [4.78, 5) is 23.0. The summed E-state index contributed by atoms with van der Waals surface area (Å²) >= 11 is 0. The van der Waals surface area contributed by atoms with Crippen molar-refractivity contribution in [1.29, 1.82) is 0 Å². The Morgan fingerprint density at radius 3 is 2.37 bits per heavy atom. The minimum Gasteiger partial charge on any atom is -0.481 e. The quantitative estimate of drug-likeness (QED) is 0.694. The molecule has 7 heteroatoms. The number of anilines is 1. The predicted octanol–water partition coefficient (Wildman–Crippen LogP) is 3.79. The second-order valence-corrected chi connectivity index (χ2v) is 6.01. The Kier molecular flexibility index (Phi) is 5.30. The van der Waals surface area contributed by atoms with Gasteiger partial charge in [0, 0.05) is 12.0 Å². The van der Waals surface area contributed by atoms with Gasteiger partial charge < -0.3 is 10.4 Å². The number of hydrogen-bond donors (Lipinski definition) is 2. The van der Waals surface area contributed by atoms with Crippen LogP contribution in [0.3, 0.4) is 0 Å². The van der Waals surface area contributed by atoms with E-state index in [4.69, 9.17) is 5.11 Å². The van der Waals surface area contributed by atoms with Gasteiger partial charge in [-0.15, -0.1) is 0 Å². The largest absolute Gasteiger partial charge is 0.481 e. The van der Waals surface area contributed by atoms with Crippen molar-refractivity contribution >= 4 is 17.7 Å². The number of aryl methyl sites for hydroxylation is 1. The molecule has 138 valence electrons. The molecule has 1 amide bonds. The first kappa shape index (κ1) is 18.3. The average Bonchev–Trinajstić information content (AvgIpc) is 2.97. The highest BCUT2D eigenvalue weighted by Gasteiger charge is 2.20. The van der Waals surface area contributed by atoms with Crippen molar-refractivity contribution in [2.45, 2.75) is 19.8 Å². The van der Waals surface area contributed by atoms with Gasteiger partial charge in [0.25, 0.3) is 0 Å². The van der Waals surface area contributed by atoms with E-state index in [9.17, 15) is 14.0 Å². The van der Waals surface area contributed by atoms with Gasteiger partial charge in [-0.3, -0.25) is 9.59 Å². The minimum absolute atomic E-state index is 0.156. The van der Waals surface area contributed by atoms with Gasteiger partial charge in [0.2, 0.25) is 5.91 Å². The molecule has 0 aliphatic carbocycles. The second-order valence-electron chi connectivity index (χ2n) is 6.01. The standard InChI is InChI=1S/C20H18FN3O3/c1-13-19(14-5-3-2-4-6-14)20(22-17(25)11-12-18(26)27)24(23-13)16-9-7-15(21)8-10-16/h2-10H,11-12H2,1H3,(H,22,25)(H,26,27). The van der Waals surface area contributed by atoms with E-state index < -0.39 is 11.9 Å². The third-order valence-corrected chi connectivity index (χ3v) is 4.02. The smallest absolute Gasteiger partial charge is 0.303 e. The zero-order valence-electron chi connectivity index (χ0n) is 14.6. The minimum atomic E-state index is -1.04. The van der Waals surface area contributed by atoms with E-state index in [2.05, 4.69) is 10.4 Å². The molecule has 1 heterocycles. The van der Waals surface area contributed by atoms with Crippen LogP contribution >= 0.6 is 0 Å². The van der Waals surface area contributed by atoms with Crippen molar-refractivity contribution in [2.24, 2.45) is 0 Å². The monoisotopic (exact) mass is 367 g/mol. The summed E-state index contributed by atoms with van der Waals surface area (Å²) in [5, 5.41) is 16.1. The molecule has 3 rings (SSSR count). The molecule has 0 aliphatic heterocycles. The van der Waals surface area contributed by atoms with E-state index in [1.54, 1.807) is 12.1 Å². The molecule has 6 nitrogen and oxygen atoms in total. The van der Waals surface area contributed by atoms with Crippen LogP contribution in [-0.2, 0) is 9.59 Å². The van der Waals surface area contributed by atoms with E-state index in [1.807, 2.05) is 37.3 Å². The Balaban J connectivity index is 2.07. The topological polar surface area (TPSA) is 84.2 Å². The Hall–Kier alpha value is -3.48. The molecular weight excluding hydrogens is 349 g/mol. The van der Waals surface area contributed by atoms with Crippen LogP contribution in [0.4, 0.5) is 10.2 Å². The van der Waals surface area contributed by atoms with Crippen molar-refractivity contribution in [3.8, 4) is 16.8 Å². The number of aromatic nitrogens is 2. The Bertz CT molecular complexity index is 966. The Labute approximate surface area is 155 Å². The Morgan fingerprint density at radius 2 is 1.74 bits per heavy atom. The van der Waals surface area contributed by atoms with Gasteiger partial charge in [0.15, 0.2) is 0 Å². The first-order valence-electron chi connectivity index (χ1n) is 8.38. The molecule has 0 saturated carbocycles. The summed E-state index contributed by atoms with van der Waals surface area (Å²) in [7, 11) is 0. The van der Waals surface area contributed by atoms with Crippen LogP contribution in [-0.4, -0.2) is 26.8 Å².